The lowest BCUT2D eigenvalue weighted by Gasteiger charge is -2.37. The zero-order valence-electron chi connectivity index (χ0n) is 12.5. The van der Waals surface area contributed by atoms with Crippen LogP contribution in [0, 0.1) is 0 Å². The van der Waals surface area contributed by atoms with Gasteiger partial charge in [0.15, 0.2) is 6.10 Å². The average Bonchev–Trinajstić information content (AvgIpc) is 2.36. The minimum absolute atomic E-state index is 0. The molecule has 1 aliphatic heterocycles. The molecule has 0 bridgehead atoms. The molecule has 1 saturated heterocycles. The Morgan fingerprint density at radius 1 is 1.38 bits per heavy atom. The van der Waals surface area contributed by atoms with E-state index in [4.69, 9.17) is 16.3 Å². The zero-order valence-corrected chi connectivity index (χ0v) is 14.1. The summed E-state index contributed by atoms with van der Waals surface area (Å²) < 4.78 is 5.68. The number of hydrogen-bond donors (Lipinski definition) is 1. The van der Waals surface area contributed by atoms with Crippen molar-refractivity contribution in [3.8, 4) is 5.75 Å². The van der Waals surface area contributed by atoms with Crippen molar-refractivity contribution in [1.29, 1.82) is 0 Å². The normalized spacial score (nSPS) is 23.1. The average molecular weight is 333 g/mol. The molecule has 1 aromatic rings. The van der Waals surface area contributed by atoms with E-state index in [9.17, 15) is 4.79 Å². The fourth-order valence-electron chi connectivity index (χ4n) is 2.56. The van der Waals surface area contributed by atoms with Crippen molar-refractivity contribution in [2.45, 2.75) is 39.0 Å². The summed E-state index contributed by atoms with van der Waals surface area (Å²) in [5.41, 5.74) is 0. The van der Waals surface area contributed by atoms with Gasteiger partial charge in [0.2, 0.25) is 0 Å². The molecule has 1 aliphatic rings. The number of hydrogen-bond acceptors (Lipinski definition) is 3. The SMILES string of the molecule is CC1CN(C(=O)C(C)Oc2cccc(Cl)c2)CC(C)N1.Cl. The first-order chi connectivity index (χ1) is 9.45. The quantitative estimate of drug-likeness (QED) is 0.925. The van der Waals surface area contributed by atoms with Gasteiger partial charge in [-0.2, -0.15) is 0 Å². The number of nitrogens with zero attached hydrogens (tertiary/aromatic N) is 1. The van der Waals surface area contributed by atoms with Crippen molar-refractivity contribution in [2.24, 2.45) is 0 Å². The van der Waals surface area contributed by atoms with Crippen LogP contribution in [0.15, 0.2) is 24.3 Å². The molecule has 4 nitrogen and oxygen atoms in total. The molecule has 6 heteroatoms. The van der Waals surface area contributed by atoms with Crippen molar-refractivity contribution < 1.29 is 9.53 Å². The maximum Gasteiger partial charge on any atom is 0.263 e. The highest BCUT2D eigenvalue weighted by molar-refractivity contribution is 6.30. The predicted octanol–water partition coefficient (Wildman–Crippen LogP) is 2.74. The third-order valence-corrected chi connectivity index (χ3v) is 3.56. The Balaban J connectivity index is 0.00000220. The van der Waals surface area contributed by atoms with E-state index < -0.39 is 6.10 Å². The van der Waals surface area contributed by atoms with Crippen molar-refractivity contribution in [3.63, 3.8) is 0 Å². The van der Waals surface area contributed by atoms with Gasteiger partial charge in [0.05, 0.1) is 0 Å². The third-order valence-electron chi connectivity index (χ3n) is 3.33. The number of benzene rings is 1. The third kappa shape index (κ3) is 5.06. The van der Waals surface area contributed by atoms with Crippen LogP contribution in [0.3, 0.4) is 0 Å². The number of piperazine rings is 1. The summed E-state index contributed by atoms with van der Waals surface area (Å²) in [6, 6.07) is 7.72. The maximum absolute atomic E-state index is 12.4. The van der Waals surface area contributed by atoms with Crippen molar-refractivity contribution >= 4 is 29.9 Å². The highest BCUT2D eigenvalue weighted by Gasteiger charge is 2.28. The lowest BCUT2D eigenvalue weighted by molar-refractivity contribution is -0.139. The lowest BCUT2D eigenvalue weighted by atomic mass is 10.1. The zero-order chi connectivity index (χ0) is 14.7. The van der Waals surface area contributed by atoms with Crippen LogP contribution in [0.25, 0.3) is 0 Å². The van der Waals surface area contributed by atoms with E-state index in [0.717, 1.165) is 0 Å². The first-order valence-electron chi connectivity index (χ1n) is 6.92. The van der Waals surface area contributed by atoms with Crippen LogP contribution in [0.2, 0.25) is 5.02 Å². The van der Waals surface area contributed by atoms with E-state index in [1.807, 2.05) is 11.0 Å². The lowest BCUT2D eigenvalue weighted by Crippen LogP contribution is -2.57. The molecule has 1 N–H and O–H groups in total. The van der Waals surface area contributed by atoms with Crippen molar-refractivity contribution in [2.75, 3.05) is 13.1 Å². The molecule has 1 heterocycles. The summed E-state index contributed by atoms with van der Waals surface area (Å²) in [7, 11) is 0. The largest absolute Gasteiger partial charge is 0.481 e. The molecule has 1 aromatic carbocycles. The van der Waals surface area contributed by atoms with Crippen LogP contribution in [-0.4, -0.2) is 42.1 Å². The van der Waals surface area contributed by atoms with Crippen LogP contribution in [0.5, 0.6) is 5.75 Å². The number of carbonyl (C=O) groups is 1. The van der Waals surface area contributed by atoms with Gasteiger partial charge in [-0.25, -0.2) is 0 Å². The molecule has 0 radical (unpaired) electrons. The van der Waals surface area contributed by atoms with Crippen LogP contribution in [-0.2, 0) is 4.79 Å². The number of carbonyl (C=O) groups excluding carboxylic acids is 1. The molecule has 3 unspecified atom stereocenters. The second-order valence-corrected chi connectivity index (χ2v) is 5.87. The molecule has 0 spiro atoms. The minimum Gasteiger partial charge on any atom is -0.481 e. The molecule has 0 saturated carbocycles. The minimum atomic E-state index is -0.508. The van der Waals surface area contributed by atoms with Gasteiger partial charge < -0.3 is 15.0 Å². The van der Waals surface area contributed by atoms with Gasteiger partial charge in [0, 0.05) is 30.2 Å². The Morgan fingerprint density at radius 2 is 2.00 bits per heavy atom. The number of nitrogens with one attached hydrogen (secondary N) is 1. The van der Waals surface area contributed by atoms with Gasteiger partial charge in [-0.05, 0) is 39.0 Å². The number of amides is 1. The van der Waals surface area contributed by atoms with E-state index in [-0.39, 0.29) is 18.3 Å². The van der Waals surface area contributed by atoms with Crippen LogP contribution < -0.4 is 10.1 Å². The van der Waals surface area contributed by atoms with Crippen LogP contribution in [0.4, 0.5) is 0 Å². The Labute approximate surface area is 137 Å². The summed E-state index contributed by atoms with van der Waals surface area (Å²) in [5.74, 6) is 0.639. The standard InChI is InChI=1S/C15H21ClN2O2.ClH/c1-10-8-18(9-11(2)17-10)15(19)12(3)20-14-6-4-5-13(16)7-14;/h4-7,10-12,17H,8-9H2,1-3H3;1H. The van der Waals surface area contributed by atoms with Crippen molar-refractivity contribution in [3.05, 3.63) is 29.3 Å². The van der Waals surface area contributed by atoms with Crippen LogP contribution >= 0.6 is 24.0 Å². The van der Waals surface area contributed by atoms with Gasteiger partial charge in [-0.1, -0.05) is 17.7 Å². The summed E-state index contributed by atoms with van der Waals surface area (Å²) in [6.45, 7) is 7.37. The predicted molar refractivity (Wildman–Crippen MR) is 87.4 cm³/mol. The second kappa shape index (κ2) is 7.87. The first-order valence-corrected chi connectivity index (χ1v) is 7.30. The molecular weight excluding hydrogens is 311 g/mol. The molecule has 0 aliphatic carbocycles. The van der Waals surface area contributed by atoms with E-state index >= 15 is 0 Å². The Kier molecular flexibility index (Phi) is 6.78. The monoisotopic (exact) mass is 332 g/mol. The van der Waals surface area contributed by atoms with Gasteiger partial charge >= 0.3 is 0 Å². The smallest absolute Gasteiger partial charge is 0.263 e. The fraction of sp³-hybridized carbons (Fsp3) is 0.533. The van der Waals surface area contributed by atoms with Crippen molar-refractivity contribution in [1.82, 2.24) is 10.2 Å². The molecule has 3 atom stereocenters. The topological polar surface area (TPSA) is 41.6 Å². The Hall–Kier alpha value is -0.970. The summed E-state index contributed by atoms with van der Waals surface area (Å²) in [4.78, 5) is 14.3. The van der Waals surface area contributed by atoms with E-state index in [0.29, 0.717) is 35.9 Å². The van der Waals surface area contributed by atoms with Crippen LogP contribution in [0.1, 0.15) is 20.8 Å². The van der Waals surface area contributed by atoms with Gasteiger partial charge in [0.1, 0.15) is 5.75 Å². The molecule has 1 amide bonds. The summed E-state index contributed by atoms with van der Waals surface area (Å²) in [6.07, 6.45) is -0.508. The molecule has 2 rings (SSSR count). The molecule has 21 heavy (non-hydrogen) atoms. The molecule has 1 fully saturated rings. The van der Waals surface area contributed by atoms with Gasteiger partial charge in [0.25, 0.3) is 5.91 Å². The maximum atomic E-state index is 12.4. The number of ether oxygens (including phenoxy) is 1. The van der Waals surface area contributed by atoms with Gasteiger partial charge in [-0.15, -0.1) is 12.4 Å². The molecule has 0 aromatic heterocycles. The summed E-state index contributed by atoms with van der Waals surface area (Å²) in [5, 5.41) is 4.01. The van der Waals surface area contributed by atoms with E-state index in [1.54, 1.807) is 25.1 Å². The van der Waals surface area contributed by atoms with Gasteiger partial charge in [-0.3, -0.25) is 4.79 Å². The number of halogens is 2. The molecule has 118 valence electrons. The first kappa shape index (κ1) is 18.1. The van der Waals surface area contributed by atoms with E-state index in [1.165, 1.54) is 0 Å². The molecular formula is C15H22Cl2N2O2. The fourth-order valence-corrected chi connectivity index (χ4v) is 2.74. The second-order valence-electron chi connectivity index (χ2n) is 5.43. The Bertz CT molecular complexity index is 474. The Morgan fingerprint density at radius 3 is 2.57 bits per heavy atom. The summed E-state index contributed by atoms with van der Waals surface area (Å²) >= 11 is 5.91. The van der Waals surface area contributed by atoms with E-state index in [2.05, 4.69) is 19.2 Å². The highest BCUT2D eigenvalue weighted by Crippen LogP contribution is 2.19. The number of rotatable bonds is 3. The highest BCUT2D eigenvalue weighted by atomic mass is 35.5.